The average Bonchev–Trinajstić information content (AvgIpc) is 2.63. The highest BCUT2D eigenvalue weighted by Gasteiger charge is 2.20. The van der Waals surface area contributed by atoms with E-state index in [0.717, 1.165) is 5.69 Å². The number of sulfonamides is 1. The highest BCUT2D eigenvalue weighted by atomic mass is 32.2. The average molecular weight is 362 g/mol. The summed E-state index contributed by atoms with van der Waals surface area (Å²) in [5, 5.41) is 8.91. The molecule has 1 saturated heterocycles. The first-order chi connectivity index (χ1) is 12.0. The van der Waals surface area contributed by atoms with Gasteiger partial charge in [-0.25, -0.2) is 13.2 Å². The van der Waals surface area contributed by atoms with Gasteiger partial charge in [0.25, 0.3) is 10.0 Å². The number of hydrogen-bond acceptors (Lipinski definition) is 5. The number of carboxylic acids is 1. The van der Waals surface area contributed by atoms with Crippen LogP contribution >= 0.6 is 0 Å². The first kappa shape index (κ1) is 17.2. The van der Waals surface area contributed by atoms with Crippen LogP contribution in [0.25, 0.3) is 0 Å². The lowest BCUT2D eigenvalue weighted by Crippen LogP contribution is -2.36. The summed E-state index contributed by atoms with van der Waals surface area (Å²) in [6.07, 6.45) is 0. The van der Waals surface area contributed by atoms with Gasteiger partial charge in [0.2, 0.25) is 0 Å². The molecular weight excluding hydrogens is 344 g/mol. The lowest BCUT2D eigenvalue weighted by molar-refractivity contribution is 0.0696. The fourth-order valence-electron chi connectivity index (χ4n) is 2.62. The Bertz CT molecular complexity index is 859. The van der Waals surface area contributed by atoms with Crippen molar-refractivity contribution in [2.24, 2.45) is 0 Å². The Kier molecular flexibility index (Phi) is 4.91. The maximum atomic E-state index is 12.6. The molecular formula is C17H18N2O5S. The van der Waals surface area contributed by atoms with E-state index in [0.29, 0.717) is 32.0 Å². The monoisotopic (exact) mass is 362 g/mol. The third-order valence-corrected chi connectivity index (χ3v) is 5.29. The smallest absolute Gasteiger partial charge is 0.335 e. The molecule has 0 bridgehead atoms. The van der Waals surface area contributed by atoms with E-state index in [4.69, 9.17) is 9.84 Å². The molecule has 0 atom stereocenters. The van der Waals surface area contributed by atoms with Crippen molar-refractivity contribution < 1.29 is 23.1 Å². The Morgan fingerprint density at radius 2 is 1.68 bits per heavy atom. The number of morpholine rings is 1. The predicted octanol–water partition coefficient (Wildman–Crippen LogP) is 2.02. The topological polar surface area (TPSA) is 95.9 Å². The van der Waals surface area contributed by atoms with Gasteiger partial charge >= 0.3 is 5.97 Å². The molecule has 8 heteroatoms. The van der Waals surface area contributed by atoms with Crippen molar-refractivity contribution in [2.45, 2.75) is 4.90 Å². The van der Waals surface area contributed by atoms with Gasteiger partial charge in [0, 0.05) is 13.1 Å². The second-order valence-corrected chi connectivity index (χ2v) is 7.23. The number of aromatic carboxylic acids is 1. The van der Waals surface area contributed by atoms with E-state index in [-0.39, 0.29) is 10.5 Å². The van der Waals surface area contributed by atoms with Crippen LogP contribution in [0, 0.1) is 0 Å². The Labute approximate surface area is 145 Å². The molecule has 2 aromatic rings. The minimum absolute atomic E-state index is 0.00859. The number of nitrogens with one attached hydrogen (secondary N) is 1. The summed E-state index contributed by atoms with van der Waals surface area (Å²) in [6.45, 7) is 2.56. The van der Waals surface area contributed by atoms with Crippen LogP contribution in [0.2, 0.25) is 0 Å². The van der Waals surface area contributed by atoms with Crippen LogP contribution in [-0.4, -0.2) is 45.8 Å². The van der Waals surface area contributed by atoms with E-state index in [1.165, 1.54) is 24.3 Å². The molecule has 0 amide bonds. The zero-order chi connectivity index (χ0) is 17.9. The van der Waals surface area contributed by atoms with Crippen LogP contribution in [0.1, 0.15) is 10.4 Å². The molecule has 0 spiro atoms. The third kappa shape index (κ3) is 3.92. The van der Waals surface area contributed by atoms with Crippen LogP contribution in [0.3, 0.4) is 0 Å². The fraction of sp³-hybridized carbons (Fsp3) is 0.235. The highest BCUT2D eigenvalue weighted by Crippen LogP contribution is 2.28. The van der Waals surface area contributed by atoms with Crippen LogP contribution in [-0.2, 0) is 14.8 Å². The Morgan fingerprint density at radius 1 is 1.04 bits per heavy atom. The summed E-state index contributed by atoms with van der Waals surface area (Å²) in [7, 11) is -3.82. The first-order valence-corrected chi connectivity index (χ1v) is 9.23. The largest absolute Gasteiger partial charge is 0.478 e. The Hall–Kier alpha value is -2.58. The SMILES string of the molecule is O=C(O)c1ccc(S(=O)(=O)Nc2ccccc2N2CCOCC2)cc1. The maximum Gasteiger partial charge on any atom is 0.335 e. The number of anilines is 2. The number of rotatable bonds is 5. The molecule has 132 valence electrons. The van der Waals surface area contributed by atoms with Crippen molar-refractivity contribution in [1.29, 1.82) is 0 Å². The van der Waals surface area contributed by atoms with Crippen molar-refractivity contribution in [3.63, 3.8) is 0 Å². The molecule has 0 aromatic heterocycles. The van der Waals surface area contributed by atoms with E-state index >= 15 is 0 Å². The zero-order valence-electron chi connectivity index (χ0n) is 13.4. The molecule has 1 aliphatic heterocycles. The number of ether oxygens (including phenoxy) is 1. The van der Waals surface area contributed by atoms with Gasteiger partial charge in [-0.1, -0.05) is 12.1 Å². The van der Waals surface area contributed by atoms with Crippen LogP contribution in [0.5, 0.6) is 0 Å². The van der Waals surface area contributed by atoms with Crippen LogP contribution < -0.4 is 9.62 Å². The van der Waals surface area contributed by atoms with Crippen molar-refractivity contribution in [1.82, 2.24) is 0 Å². The number of para-hydroxylation sites is 2. The molecule has 25 heavy (non-hydrogen) atoms. The number of benzene rings is 2. The zero-order valence-corrected chi connectivity index (χ0v) is 14.2. The number of nitrogens with zero attached hydrogens (tertiary/aromatic N) is 1. The summed E-state index contributed by atoms with van der Waals surface area (Å²) in [6, 6.07) is 12.3. The van der Waals surface area contributed by atoms with Gasteiger partial charge in [0.1, 0.15) is 0 Å². The Balaban J connectivity index is 1.87. The van der Waals surface area contributed by atoms with Gasteiger partial charge in [-0.3, -0.25) is 4.72 Å². The van der Waals surface area contributed by atoms with E-state index < -0.39 is 16.0 Å². The molecule has 2 N–H and O–H groups in total. The quantitative estimate of drug-likeness (QED) is 0.845. The van der Waals surface area contributed by atoms with Gasteiger partial charge in [-0.2, -0.15) is 0 Å². The summed E-state index contributed by atoms with van der Waals surface area (Å²) in [5.74, 6) is -1.10. The van der Waals surface area contributed by atoms with Gasteiger partial charge in [-0.15, -0.1) is 0 Å². The predicted molar refractivity (Wildman–Crippen MR) is 93.7 cm³/mol. The minimum atomic E-state index is -3.82. The van der Waals surface area contributed by atoms with E-state index in [9.17, 15) is 13.2 Å². The number of hydrogen-bond donors (Lipinski definition) is 2. The molecule has 0 unspecified atom stereocenters. The molecule has 0 saturated carbocycles. The van der Waals surface area contributed by atoms with Crippen molar-refractivity contribution in [2.75, 3.05) is 35.9 Å². The summed E-state index contributed by atoms with van der Waals surface area (Å²) in [5.41, 5.74) is 1.30. The van der Waals surface area contributed by atoms with Crippen molar-refractivity contribution in [3.05, 3.63) is 54.1 Å². The van der Waals surface area contributed by atoms with Crippen LogP contribution in [0.15, 0.2) is 53.4 Å². The van der Waals surface area contributed by atoms with Crippen molar-refractivity contribution >= 4 is 27.4 Å². The minimum Gasteiger partial charge on any atom is -0.478 e. The number of carboxylic acid groups (broad SMARTS) is 1. The molecule has 1 fully saturated rings. The fourth-order valence-corrected chi connectivity index (χ4v) is 3.69. The molecule has 0 radical (unpaired) electrons. The van der Waals surface area contributed by atoms with Gasteiger partial charge in [-0.05, 0) is 36.4 Å². The van der Waals surface area contributed by atoms with E-state index in [1.807, 2.05) is 12.1 Å². The second-order valence-electron chi connectivity index (χ2n) is 5.55. The Morgan fingerprint density at radius 3 is 2.32 bits per heavy atom. The molecule has 3 rings (SSSR count). The summed E-state index contributed by atoms with van der Waals surface area (Å²) >= 11 is 0. The molecule has 1 aliphatic rings. The van der Waals surface area contributed by atoms with E-state index in [2.05, 4.69) is 9.62 Å². The third-order valence-electron chi connectivity index (χ3n) is 3.91. The summed E-state index contributed by atoms with van der Waals surface area (Å²) < 4.78 is 33.2. The molecule has 7 nitrogen and oxygen atoms in total. The molecule has 0 aliphatic carbocycles. The summed E-state index contributed by atoms with van der Waals surface area (Å²) in [4.78, 5) is 13.0. The van der Waals surface area contributed by atoms with Gasteiger partial charge < -0.3 is 14.7 Å². The maximum absolute atomic E-state index is 12.6. The van der Waals surface area contributed by atoms with E-state index in [1.54, 1.807) is 12.1 Å². The van der Waals surface area contributed by atoms with Gasteiger partial charge in [0.05, 0.1) is 35.0 Å². The van der Waals surface area contributed by atoms with Crippen LogP contribution in [0.4, 0.5) is 11.4 Å². The highest BCUT2D eigenvalue weighted by molar-refractivity contribution is 7.92. The molecule has 2 aromatic carbocycles. The number of carbonyl (C=O) groups is 1. The second kappa shape index (κ2) is 7.12. The normalized spacial score (nSPS) is 15.0. The van der Waals surface area contributed by atoms with Gasteiger partial charge in [0.15, 0.2) is 0 Å². The standard InChI is InChI=1S/C17H18N2O5S/c20-17(21)13-5-7-14(8-6-13)25(22,23)18-15-3-1-2-4-16(15)19-9-11-24-12-10-19/h1-8,18H,9-12H2,(H,20,21). The first-order valence-electron chi connectivity index (χ1n) is 7.75. The van der Waals surface area contributed by atoms with Crippen molar-refractivity contribution in [3.8, 4) is 0 Å². The lowest BCUT2D eigenvalue weighted by atomic mass is 10.2. The lowest BCUT2D eigenvalue weighted by Gasteiger charge is -2.30. The molecule has 1 heterocycles.